The molecule has 0 radical (unpaired) electrons. The van der Waals surface area contributed by atoms with Crippen LogP contribution in [0, 0.1) is 5.92 Å². The molecular formula is C18H17N3O4. The molecule has 0 N–H and O–H groups in total. The second-order valence-electron chi connectivity index (χ2n) is 6.30. The van der Waals surface area contributed by atoms with Gasteiger partial charge in [-0.1, -0.05) is 30.0 Å². The van der Waals surface area contributed by atoms with E-state index < -0.39 is 23.7 Å². The van der Waals surface area contributed by atoms with E-state index in [-0.39, 0.29) is 17.2 Å². The van der Waals surface area contributed by atoms with Crippen LogP contribution in [-0.2, 0) is 9.63 Å². The average Bonchev–Trinajstić information content (AvgIpc) is 3.26. The van der Waals surface area contributed by atoms with Gasteiger partial charge in [-0.05, 0) is 31.0 Å². The van der Waals surface area contributed by atoms with Gasteiger partial charge in [-0.15, -0.1) is 0 Å². The van der Waals surface area contributed by atoms with Gasteiger partial charge in [-0.25, -0.2) is 4.79 Å². The van der Waals surface area contributed by atoms with Crippen LogP contribution in [-0.4, -0.2) is 32.6 Å². The fraction of sp³-hybridized carbons (Fsp3) is 0.333. The molecule has 2 heterocycles. The van der Waals surface area contributed by atoms with Gasteiger partial charge in [0.25, 0.3) is 11.8 Å². The number of carbonyl (C=O) groups excluding carboxylic acids is 3. The van der Waals surface area contributed by atoms with Crippen molar-refractivity contribution in [2.75, 3.05) is 0 Å². The van der Waals surface area contributed by atoms with Crippen molar-refractivity contribution in [2.45, 2.75) is 31.7 Å². The zero-order chi connectivity index (χ0) is 17.4. The molecule has 1 fully saturated rings. The van der Waals surface area contributed by atoms with Gasteiger partial charge in [0.1, 0.15) is 0 Å². The molecule has 2 amide bonds. The lowest BCUT2D eigenvalue weighted by atomic mass is 9.84. The molecule has 128 valence electrons. The Hall–Kier alpha value is -2.96. The minimum absolute atomic E-state index is 0.119. The lowest BCUT2D eigenvalue weighted by Crippen LogP contribution is -2.38. The van der Waals surface area contributed by atoms with Gasteiger partial charge in [0.2, 0.25) is 0 Å². The van der Waals surface area contributed by atoms with Gasteiger partial charge in [0, 0.05) is 12.4 Å². The van der Waals surface area contributed by atoms with Crippen LogP contribution >= 0.6 is 0 Å². The summed E-state index contributed by atoms with van der Waals surface area (Å²) in [5.74, 6) is -2.19. The summed E-state index contributed by atoms with van der Waals surface area (Å²) in [7, 11) is 0. The third-order valence-corrected chi connectivity index (χ3v) is 4.83. The number of amides is 2. The Kier molecular flexibility index (Phi) is 3.83. The topological polar surface area (TPSA) is 81.5 Å². The molecule has 1 aromatic heterocycles. The van der Waals surface area contributed by atoms with Crippen molar-refractivity contribution < 1.29 is 19.2 Å². The number of imide groups is 1. The number of rotatable bonds is 3. The Morgan fingerprint density at radius 1 is 1.04 bits per heavy atom. The zero-order valence-corrected chi connectivity index (χ0v) is 13.5. The first-order chi connectivity index (χ1) is 12.2. The lowest BCUT2D eigenvalue weighted by molar-refractivity contribution is -0.176. The third-order valence-electron chi connectivity index (χ3n) is 4.83. The Bertz CT molecular complexity index is 796. The lowest BCUT2D eigenvalue weighted by Gasteiger charge is -2.30. The standard InChI is InChI=1S/C18H17N3O4/c22-16-12-6-1-2-7-13(12)17(23)21(16)25-18(24)14-8-3-4-9-15(14)20-11-5-10-19-20/h1-2,5-7,10-11,14-15H,3-4,8-9H2. The monoisotopic (exact) mass is 339 g/mol. The number of hydroxylamine groups is 2. The predicted octanol–water partition coefficient (Wildman–Crippen LogP) is 2.37. The molecule has 4 rings (SSSR count). The number of fused-ring (bicyclic) bond motifs is 1. The SMILES string of the molecule is O=C(ON1C(=O)c2ccccc2C1=O)C1CCCCC1n1cccn1. The van der Waals surface area contributed by atoms with E-state index in [1.54, 1.807) is 41.2 Å². The highest BCUT2D eigenvalue weighted by Crippen LogP contribution is 2.35. The van der Waals surface area contributed by atoms with Crippen molar-refractivity contribution in [3.8, 4) is 0 Å². The first-order valence-electron chi connectivity index (χ1n) is 8.35. The molecule has 1 aliphatic carbocycles. The summed E-state index contributed by atoms with van der Waals surface area (Å²) in [6.45, 7) is 0. The van der Waals surface area contributed by atoms with Crippen LogP contribution < -0.4 is 0 Å². The van der Waals surface area contributed by atoms with Gasteiger partial charge in [-0.2, -0.15) is 5.10 Å². The highest BCUT2D eigenvalue weighted by Gasteiger charge is 2.41. The summed E-state index contributed by atoms with van der Waals surface area (Å²) < 4.78 is 1.76. The second-order valence-corrected chi connectivity index (χ2v) is 6.30. The molecule has 1 saturated carbocycles. The summed E-state index contributed by atoms with van der Waals surface area (Å²) in [5.41, 5.74) is 0.514. The van der Waals surface area contributed by atoms with Crippen LogP contribution in [0.25, 0.3) is 0 Å². The number of aromatic nitrogens is 2. The number of benzene rings is 1. The number of hydrogen-bond acceptors (Lipinski definition) is 5. The number of nitrogens with zero attached hydrogens (tertiary/aromatic N) is 3. The summed E-state index contributed by atoms with van der Waals surface area (Å²) in [6, 6.07) is 8.13. The smallest absolute Gasteiger partial charge is 0.329 e. The van der Waals surface area contributed by atoms with Crippen molar-refractivity contribution in [1.29, 1.82) is 0 Å². The third kappa shape index (κ3) is 2.61. The van der Waals surface area contributed by atoms with Crippen LogP contribution in [0.3, 0.4) is 0 Å². The van der Waals surface area contributed by atoms with E-state index in [9.17, 15) is 14.4 Å². The van der Waals surface area contributed by atoms with E-state index >= 15 is 0 Å². The molecule has 25 heavy (non-hydrogen) atoms. The quantitative estimate of drug-likeness (QED) is 0.802. The molecule has 1 aliphatic heterocycles. The maximum absolute atomic E-state index is 12.7. The van der Waals surface area contributed by atoms with E-state index in [0.717, 1.165) is 19.3 Å². The Morgan fingerprint density at radius 2 is 1.72 bits per heavy atom. The Morgan fingerprint density at radius 3 is 2.36 bits per heavy atom. The van der Waals surface area contributed by atoms with E-state index in [0.29, 0.717) is 11.5 Å². The molecule has 0 bridgehead atoms. The first kappa shape index (κ1) is 15.6. The minimum atomic E-state index is -0.597. The minimum Gasteiger partial charge on any atom is -0.329 e. The fourth-order valence-corrected chi connectivity index (χ4v) is 3.59. The van der Waals surface area contributed by atoms with Gasteiger partial charge >= 0.3 is 5.97 Å². The molecule has 1 aromatic carbocycles. The Labute approximate surface area is 144 Å². The van der Waals surface area contributed by atoms with E-state index in [1.807, 2.05) is 6.20 Å². The molecule has 7 heteroatoms. The van der Waals surface area contributed by atoms with Crippen LogP contribution in [0.15, 0.2) is 42.7 Å². The zero-order valence-electron chi connectivity index (χ0n) is 13.5. The highest BCUT2D eigenvalue weighted by atomic mass is 16.7. The molecule has 0 saturated heterocycles. The van der Waals surface area contributed by atoms with Gasteiger partial charge in [0.05, 0.1) is 23.1 Å². The predicted molar refractivity (Wildman–Crippen MR) is 86.3 cm³/mol. The largest absolute Gasteiger partial charge is 0.338 e. The fourth-order valence-electron chi connectivity index (χ4n) is 3.59. The van der Waals surface area contributed by atoms with Gasteiger partial charge < -0.3 is 4.84 Å². The van der Waals surface area contributed by atoms with Crippen LogP contribution in [0.4, 0.5) is 0 Å². The van der Waals surface area contributed by atoms with Crippen molar-refractivity contribution in [2.24, 2.45) is 5.92 Å². The van der Waals surface area contributed by atoms with Crippen molar-refractivity contribution >= 4 is 17.8 Å². The maximum Gasteiger partial charge on any atom is 0.338 e. The van der Waals surface area contributed by atoms with Crippen molar-refractivity contribution in [3.05, 3.63) is 53.9 Å². The van der Waals surface area contributed by atoms with Crippen LogP contribution in [0.2, 0.25) is 0 Å². The van der Waals surface area contributed by atoms with Crippen molar-refractivity contribution in [3.63, 3.8) is 0 Å². The van der Waals surface area contributed by atoms with Crippen LogP contribution in [0.5, 0.6) is 0 Å². The van der Waals surface area contributed by atoms with Crippen LogP contribution in [0.1, 0.15) is 52.4 Å². The highest BCUT2D eigenvalue weighted by molar-refractivity contribution is 6.20. The first-order valence-corrected chi connectivity index (χ1v) is 8.35. The van der Waals surface area contributed by atoms with Crippen molar-refractivity contribution in [1.82, 2.24) is 14.8 Å². The summed E-state index contributed by atoms with van der Waals surface area (Å²) in [5, 5.41) is 4.81. The number of hydrogen-bond donors (Lipinski definition) is 0. The van der Waals surface area contributed by atoms with Gasteiger partial charge in [0.15, 0.2) is 0 Å². The molecule has 2 atom stereocenters. The summed E-state index contributed by atoms with van der Waals surface area (Å²) in [4.78, 5) is 42.6. The van der Waals surface area contributed by atoms with E-state index in [2.05, 4.69) is 5.10 Å². The summed E-state index contributed by atoms with van der Waals surface area (Å²) in [6.07, 6.45) is 6.84. The molecular weight excluding hydrogens is 322 g/mol. The van der Waals surface area contributed by atoms with E-state index in [4.69, 9.17) is 4.84 Å². The molecule has 2 aliphatic rings. The normalized spacial score (nSPS) is 22.8. The Balaban J connectivity index is 1.54. The average molecular weight is 339 g/mol. The maximum atomic E-state index is 12.7. The molecule has 2 unspecified atom stereocenters. The second kappa shape index (κ2) is 6.16. The molecule has 2 aromatic rings. The summed E-state index contributed by atoms with van der Waals surface area (Å²) >= 11 is 0. The van der Waals surface area contributed by atoms with E-state index in [1.165, 1.54) is 0 Å². The van der Waals surface area contributed by atoms with Gasteiger partial charge in [-0.3, -0.25) is 14.3 Å². The molecule has 7 nitrogen and oxygen atoms in total. The molecule has 0 spiro atoms. The number of carbonyl (C=O) groups is 3.